The van der Waals surface area contributed by atoms with Crippen molar-refractivity contribution in [2.75, 3.05) is 7.11 Å². The van der Waals surface area contributed by atoms with Crippen LogP contribution in [0.2, 0.25) is 10.0 Å². The summed E-state index contributed by atoms with van der Waals surface area (Å²) in [5.74, 6) is 0.731. The molecule has 0 aliphatic rings. The topological polar surface area (TPSA) is 22.1 Å². The quantitative estimate of drug-likeness (QED) is 0.805. The van der Waals surface area contributed by atoms with E-state index in [9.17, 15) is 0 Å². The van der Waals surface area contributed by atoms with Crippen molar-refractivity contribution in [2.45, 2.75) is 6.92 Å². The van der Waals surface area contributed by atoms with Gasteiger partial charge in [0.1, 0.15) is 11.4 Å². The van der Waals surface area contributed by atoms with Crippen LogP contribution in [0.5, 0.6) is 5.75 Å². The number of rotatable bonds is 3. The molecule has 2 aromatic rings. The minimum Gasteiger partial charge on any atom is -0.494 e. The number of hydrogen-bond donors (Lipinski definition) is 0. The standard InChI is InChI=1S/C15H13Cl2NO/c1-10-3-6-15(19-2)14(18-10)5-4-11-7-12(16)9-13(17)8-11/h3-9H,1-2H3/b5-4+. The van der Waals surface area contributed by atoms with Gasteiger partial charge in [0.15, 0.2) is 0 Å². The van der Waals surface area contributed by atoms with Gasteiger partial charge in [-0.25, -0.2) is 4.98 Å². The minimum atomic E-state index is 0.608. The zero-order chi connectivity index (χ0) is 13.8. The van der Waals surface area contributed by atoms with Crippen molar-refractivity contribution in [3.05, 3.63) is 57.3 Å². The summed E-state index contributed by atoms with van der Waals surface area (Å²) >= 11 is 11.9. The highest BCUT2D eigenvalue weighted by molar-refractivity contribution is 6.34. The van der Waals surface area contributed by atoms with Gasteiger partial charge in [0, 0.05) is 15.7 Å². The fourth-order valence-electron chi connectivity index (χ4n) is 1.70. The Kier molecular flexibility index (Phi) is 4.46. The summed E-state index contributed by atoms with van der Waals surface area (Å²) in [6.07, 6.45) is 3.79. The Morgan fingerprint density at radius 2 is 1.74 bits per heavy atom. The second kappa shape index (κ2) is 6.09. The molecular weight excluding hydrogens is 281 g/mol. The van der Waals surface area contributed by atoms with Crippen LogP contribution in [0.3, 0.4) is 0 Å². The van der Waals surface area contributed by atoms with Gasteiger partial charge in [0.05, 0.1) is 7.11 Å². The van der Waals surface area contributed by atoms with Crippen LogP contribution >= 0.6 is 23.2 Å². The van der Waals surface area contributed by atoms with Crippen LogP contribution < -0.4 is 4.74 Å². The lowest BCUT2D eigenvalue weighted by Gasteiger charge is -2.04. The Balaban J connectivity index is 2.34. The summed E-state index contributed by atoms with van der Waals surface area (Å²) in [5, 5.41) is 1.22. The lowest BCUT2D eigenvalue weighted by atomic mass is 10.2. The summed E-state index contributed by atoms with van der Waals surface area (Å²) in [6.45, 7) is 1.94. The third-order valence-corrected chi connectivity index (χ3v) is 3.00. The Labute approximate surface area is 122 Å². The average Bonchev–Trinajstić information content (AvgIpc) is 2.35. The Morgan fingerprint density at radius 1 is 1.05 bits per heavy atom. The fourth-order valence-corrected chi connectivity index (χ4v) is 2.25. The SMILES string of the molecule is COc1ccc(C)nc1/C=C/c1cc(Cl)cc(Cl)c1. The van der Waals surface area contributed by atoms with Crippen molar-refractivity contribution in [2.24, 2.45) is 0 Å². The molecule has 19 heavy (non-hydrogen) atoms. The molecule has 0 spiro atoms. The summed E-state index contributed by atoms with van der Waals surface area (Å²) < 4.78 is 5.27. The van der Waals surface area contributed by atoms with Crippen LogP contribution in [0, 0.1) is 6.92 Å². The van der Waals surface area contributed by atoms with Gasteiger partial charge < -0.3 is 4.74 Å². The Morgan fingerprint density at radius 3 is 2.37 bits per heavy atom. The highest BCUT2D eigenvalue weighted by atomic mass is 35.5. The molecule has 0 N–H and O–H groups in total. The average molecular weight is 294 g/mol. The third kappa shape index (κ3) is 3.72. The smallest absolute Gasteiger partial charge is 0.144 e. The zero-order valence-electron chi connectivity index (χ0n) is 10.7. The Hall–Kier alpha value is -1.51. The highest BCUT2D eigenvalue weighted by Crippen LogP contribution is 2.22. The van der Waals surface area contributed by atoms with Crippen LogP contribution in [0.25, 0.3) is 12.2 Å². The predicted octanol–water partition coefficient (Wildman–Crippen LogP) is 4.88. The molecule has 0 saturated carbocycles. The van der Waals surface area contributed by atoms with E-state index in [1.807, 2.05) is 43.3 Å². The number of benzene rings is 1. The van der Waals surface area contributed by atoms with Gasteiger partial charge in [0.2, 0.25) is 0 Å². The normalized spacial score (nSPS) is 10.9. The predicted molar refractivity (Wildman–Crippen MR) is 80.9 cm³/mol. The van der Waals surface area contributed by atoms with Gasteiger partial charge >= 0.3 is 0 Å². The van der Waals surface area contributed by atoms with Gasteiger partial charge in [0.25, 0.3) is 0 Å². The second-order valence-corrected chi connectivity index (χ2v) is 4.95. The van der Waals surface area contributed by atoms with Crippen molar-refractivity contribution in [1.82, 2.24) is 4.98 Å². The van der Waals surface area contributed by atoms with Crippen molar-refractivity contribution >= 4 is 35.4 Å². The molecule has 0 amide bonds. The molecule has 0 aliphatic carbocycles. The van der Waals surface area contributed by atoms with Crippen molar-refractivity contribution in [3.63, 3.8) is 0 Å². The summed E-state index contributed by atoms with van der Waals surface area (Å²) in [4.78, 5) is 4.43. The molecule has 1 aromatic carbocycles. The van der Waals surface area contributed by atoms with Crippen molar-refractivity contribution in [3.8, 4) is 5.75 Å². The van der Waals surface area contributed by atoms with Crippen LogP contribution in [-0.4, -0.2) is 12.1 Å². The molecule has 1 heterocycles. The van der Waals surface area contributed by atoms with E-state index in [0.717, 1.165) is 22.7 Å². The largest absolute Gasteiger partial charge is 0.494 e. The van der Waals surface area contributed by atoms with E-state index in [1.54, 1.807) is 13.2 Å². The van der Waals surface area contributed by atoms with Crippen LogP contribution in [0.4, 0.5) is 0 Å². The first-order chi connectivity index (χ1) is 9.08. The number of aromatic nitrogens is 1. The maximum atomic E-state index is 5.96. The first-order valence-corrected chi connectivity index (χ1v) is 6.50. The van der Waals surface area contributed by atoms with E-state index in [4.69, 9.17) is 27.9 Å². The van der Waals surface area contributed by atoms with Gasteiger partial charge in [-0.05, 0) is 48.9 Å². The zero-order valence-corrected chi connectivity index (χ0v) is 12.2. The molecule has 0 unspecified atom stereocenters. The van der Waals surface area contributed by atoms with E-state index in [0.29, 0.717) is 10.0 Å². The number of aryl methyl sites for hydroxylation is 1. The van der Waals surface area contributed by atoms with E-state index in [1.165, 1.54) is 0 Å². The van der Waals surface area contributed by atoms with E-state index < -0.39 is 0 Å². The molecule has 0 aliphatic heterocycles. The fraction of sp³-hybridized carbons (Fsp3) is 0.133. The van der Waals surface area contributed by atoms with Gasteiger partial charge in [-0.1, -0.05) is 29.3 Å². The number of methoxy groups -OCH3 is 1. The number of halogens is 2. The second-order valence-electron chi connectivity index (χ2n) is 4.08. The molecule has 98 valence electrons. The van der Waals surface area contributed by atoms with Gasteiger partial charge in [-0.15, -0.1) is 0 Å². The van der Waals surface area contributed by atoms with Crippen molar-refractivity contribution < 1.29 is 4.74 Å². The van der Waals surface area contributed by atoms with E-state index >= 15 is 0 Å². The number of ether oxygens (including phenoxy) is 1. The van der Waals surface area contributed by atoms with E-state index in [2.05, 4.69) is 4.98 Å². The summed E-state index contributed by atoms with van der Waals surface area (Å²) in [5.41, 5.74) is 2.63. The molecule has 2 rings (SSSR count). The van der Waals surface area contributed by atoms with E-state index in [-0.39, 0.29) is 0 Å². The lowest BCUT2D eigenvalue weighted by Crippen LogP contribution is -1.92. The molecule has 0 bridgehead atoms. The van der Waals surface area contributed by atoms with Crippen LogP contribution in [0.15, 0.2) is 30.3 Å². The molecule has 2 nitrogen and oxygen atoms in total. The summed E-state index contributed by atoms with van der Waals surface area (Å²) in [7, 11) is 1.62. The molecule has 4 heteroatoms. The maximum Gasteiger partial charge on any atom is 0.144 e. The summed E-state index contributed by atoms with van der Waals surface area (Å²) in [6, 6.07) is 9.18. The molecule has 1 aromatic heterocycles. The molecule has 0 saturated heterocycles. The molecule has 0 atom stereocenters. The monoisotopic (exact) mass is 293 g/mol. The van der Waals surface area contributed by atoms with Gasteiger partial charge in [-0.2, -0.15) is 0 Å². The highest BCUT2D eigenvalue weighted by Gasteiger charge is 2.01. The first kappa shape index (κ1) is 13.9. The number of hydrogen-bond acceptors (Lipinski definition) is 2. The van der Waals surface area contributed by atoms with Crippen LogP contribution in [-0.2, 0) is 0 Å². The van der Waals surface area contributed by atoms with Crippen molar-refractivity contribution in [1.29, 1.82) is 0 Å². The number of pyridine rings is 1. The molecule has 0 fully saturated rings. The minimum absolute atomic E-state index is 0.608. The maximum absolute atomic E-state index is 5.96. The lowest BCUT2D eigenvalue weighted by molar-refractivity contribution is 0.411. The van der Waals surface area contributed by atoms with Gasteiger partial charge in [-0.3, -0.25) is 0 Å². The number of nitrogens with zero attached hydrogens (tertiary/aromatic N) is 1. The van der Waals surface area contributed by atoms with Crippen LogP contribution in [0.1, 0.15) is 17.0 Å². The third-order valence-electron chi connectivity index (χ3n) is 2.56. The molecular formula is C15H13Cl2NO. The molecule has 0 radical (unpaired) electrons. The Bertz CT molecular complexity index is 603. The first-order valence-electron chi connectivity index (χ1n) is 5.74.